The number of carboxylic acid groups (broad SMARTS) is 1. The van der Waals surface area contributed by atoms with Crippen LogP contribution in [-0.4, -0.2) is 53.3 Å². The molecular formula is C18H27N3O6Si. The fraction of sp³-hybridized carbons (Fsp3) is 0.556. The van der Waals surface area contributed by atoms with Gasteiger partial charge in [0.25, 0.3) is 11.1 Å². The smallest absolute Gasteiger partial charge is 0.305 e. The first-order valence-corrected chi connectivity index (χ1v) is 12.9. The minimum absolute atomic E-state index is 0.0642. The summed E-state index contributed by atoms with van der Waals surface area (Å²) in [6.45, 7) is 7.83. The van der Waals surface area contributed by atoms with Gasteiger partial charge in [0.2, 0.25) is 0 Å². The molecule has 2 rings (SSSR count). The van der Waals surface area contributed by atoms with Crippen LogP contribution in [0.1, 0.15) is 6.42 Å². The van der Waals surface area contributed by atoms with Crippen LogP contribution >= 0.6 is 0 Å². The number of carboxylic acids is 1. The van der Waals surface area contributed by atoms with Crippen LogP contribution in [0.2, 0.25) is 25.7 Å². The fourth-order valence-corrected chi connectivity index (χ4v) is 3.26. The van der Waals surface area contributed by atoms with Gasteiger partial charge in [-0.1, -0.05) is 19.6 Å². The van der Waals surface area contributed by atoms with Gasteiger partial charge in [-0.2, -0.15) is 5.10 Å². The third kappa shape index (κ3) is 6.39. The monoisotopic (exact) mass is 409 g/mol. The molecule has 0 aliphatic rings. The molecule has 9 nitrogen and oxygen atoms in total. The minimum Gasteiger partial charge on any atom is -0.481 e. The van der Waals surface area contributed by atoms with Gasteiger partial charge in [0.1, 0.15) is 6.73 Å². The van der Waals surface area contributed by atoms with Crippen LogP contribution < -0.4 is 11.1 Å². The summed E-state index contributed by atoms with van der Waals surface area (Å²) in [5.41, 5.74) is -0.191. The van der Waals surface area contributed by atoms with Crippen LogP contribution in [0, 0.1) is 0 Å². The lowest BCUT2D eigenvalue weighted by atomic mass is 10.3. The molecule has 0 spiro atoms. The van der Waals surface area contributed by atoms with Crippen molar-refractivity contribution >= 4 is 24.9 Å². The highest BCUT2D eigenvalue weighted by Gasteiger charge is 2.13. The van der Waals surface area contributed by atoms with E-state index in [2.05, 4.69) is 24.7 Å². The maximum atomic E-state index is 12.7. The molecule has 0 atom stereocenters. The molecule has 0 saturated heterocycles. The number of aromatic nitrogens is 3. The first kappa shape index (κ1) is 22.0. The topological polar surface area (TPSA) is 113 Å². The maximum Gasteiger partial charge on any atom is 0.305 e. The number of fused-ring (bicyclic) bond motifs is 1. The summed E-state index contributed by atoms with van der Waals surface area (Å²) < 4.78 is 13.5. The van der Waals surface area contributed by atoms with E-state index in [4.69, 9.17) is 14.6 Å². The van der Waals surface area contributed by atoms with Crippen LogP contribution in [-0.2, 0) is 27.5 Å². The highest BCUT2D eigenvalue weighted by Crippen LogP contribution is 2.08. The Balaban J connectivity index is 2.10. The zero-order valence-corrected chi connectivity index (χ0v) is 17.5. The van der Waals surface area contributed by atoms with Gasteiger partial charge in [-0.15, -0.1) is 0 Å². The predicted octanol–water partition coefficient (Wildman–Crippen LogP) is 1.36. The number of hydrogen-bond acceptors (Lipinski definition) is 6. The zero-order chi connectivity index (χ0) is 20.7. The molecule has 2 aromatic heterocycles. The Bertz CT molecular complexity index is 932. The van der Waals surface area contributed by atoms with Crippen LogP contribution in [0.3, 0.4) is 0 Å². The minimum atomic E-state index is -1.21. The molecule has 0 saturated carbocycles. The molecule has 0 aliphatic carbocycles. The normalized spacial score (nSPS) is 11.8. The number of ether oxygens (including phenoxy) is 2. The van der Waals surface area contributed by atoms with Crippen molar-refractivity contribution in [3.8, 4) is 0 Å². The number of rotatable bonds is 11. The SMILES string of the molecule is C[Si](C)(C)CCOCn1ncc2c(ccc(=O)n2CCOCCC(=O)O)c1=O. The fourth-order valence-electron chi connectivity index (χ4n) is 2.50. The van der Waals surface area contributed by atoms with Gasteiger partial charge in [0.15, 0.2) is 0 Å². The van der Waals surface area contributed by atoms with Gasteiger partial charge in [0, 0.05) is 27.3 Å². The average Bonchev–Trinajstić information content (AvgIpc) is 2.60. The number of hydrogen-bond donors (Lipinski definition) is 1. The highest BCUT2D eigenvalue weighted by atomic mass is 28.3. The Morgan fingerprint density at radius 1 is 1.14 bits per heavy atom. The highest BCUT2D eigenvalue weighted by molar-refractivity contribution is 6.76. The number of carbonyl (C=O) groups is 1. The summed E-state index contributed by atoms with van der Waals surface area (Å²) >= 11 is 0. The summed E-state index contributed by atoms with van der Waals surface area (Å²) in [5.74, 6) is -0.945. The second-order valence-electron chi connectivity index (χ2n) is 7.68. The molecule has 0 aromatic carbocycles. The van der Waals surface area contributed by atoms with E-state index >= 15 is 0 Å². The second-order valence-corrected chi connectivity index (χ2v) is 13.3. The first-order chi connectivity index (χ1) is 13.2. The Kier molecular flexibility index (Phi) is 7.66. The number of aliphatic carboxylic acids is 1. The van der Waals surface area contributed by atoms with Crippen molar-refractivity contribution in [2.45, 2.75) is 45.4 Å². The molecule has 2 heterocycles. The third-order valence-corrected chi connectivity index (χ3v) is 5.84. The molecule has 0 aliphatic heterocycles. The summed E-state index contributed by atoms with van der Waals surface area (Å²) in [5, 5.41) is 13.1. The number of pyridine rings is 1. The van der Waals surface area contributed by atoms with Gasteiger partial charge in [-0.3, -0.25) is 14.4 Å². The molecule has 2 aromatic rings. The van der Waals surface area contributed by atoms with Crippen molar-refractivity contribution in [3.63, 3.8) is 0 Å². The Morgan fingerprint density at radius 3 is 2.57 bits per heavy atom. The van der Waals surface area contributed by atoms with Crippen LogP contribution in [0.5, 0.6) is 0 Å². The molecule has 28 heavy (non-hydrogen) atoms. The van der Waals surface area contributed by atoms with Gasteiger partial charge < -0.3 is 19.1 Å². The van der Waals surface area contributed by atoms with Crippen molar-refractivity contribution in [1.82, 2.24) is 14.3 Å². The standard InChI is InChI=1S/C18H27N3O6Si/c1-28(2,3)11-10-27-13-21-18(25)14-4-5-16(22)20(15(14)12-19-21)7-9-26-8-6-17(23)24/h4-5,12H,6-11,13H2,1-3H3,(H,23,24). The lowest BCUT2D eigenvalue weighted by molar-refractivity contribution is -0.138. The van der Waals surface area contributed by atoms with Gasteiger partial charge in [-0.05, 0) is 12.1 Å². The summed E-state index contributed by atoms with van der Waals surface area (Å²) in [6.07, 6.45) is 1.37. The van der Waals surface area contributed by atoms with Crippen molar-refractivity contribution in [2.24, 2.45) is 0 Å². The summed E-state index contributed by atoms with van der Waals surface area (Å²) in [7, 11) is -1.21. The lowest BCUT2D eigenvalue weighted by Gasteiger charge is -2.15. The van der Waals surface area contributed by atoms with E-state index in [1.54, 1.807) is 0 Å². The summed E-state index contributed by atoms with van der Waals surface area (Å²) in [4.78, 5) is 35.3. The first-order valence-electron chi connectivity index (χ1n) is 9.16. The average molecular weight is 410 g/mol. The second kappa shape index (κ2) is 9.76. The lowest BCUT2D eigenvalue weighted by Crippen LogP contribution is -2.29. The predicted molar refractivity (Wildman–Crippen MR) is 107 cm³/mol. The molecule has 10 heteroatoms. The van der Waals surface area contributed by atoms with E-state index in [0.29, 0.717) is 17.5 Å². The Labute approximate surface area is 163 Å². The molecule has 0 amide bonds. The quantitative estimate of drug-likeness (QED) is 0.440. The van der Waals surface area contributed by atoms with Crippen molar-refractivity contribution in [1.29, 1.82) is 0 Å². The van der Waals surface area contributed by atoms with E-state index in [9.17, 15) is 14.4 Å². The largest absolute Gasteiger partial charge is 0.481 e. The van der Waals surface area contributed by atoms with E-state index in [1.165, 1.54) is 27.6 Å². The van der Waals surface area contributed by atoms with Crippen molar-refractivity contribution < 1.29 is 19.4 Å². The van der Waals surface area contributed by atoms with Crippen LogP contribution in [0.25, 0.3) is 10.9 Å². The van der Waals surface area contributed by atoms with E-state index in [0.717, 1.165) is 6.04 Å². The van der Waals surface area contributed by atoms with Crippen molar-refractivity contribution in [2.75, 3.05) is 19.8 Å². The summed E-state index contributed by atoms with van der Waals surface area (Å²) in [6, 6.07) is 3.82. The third-order valence-electron chi connectivity index (χ3n) is 4.14. The van der Waals surface area contributed by atoms with E-state index < -0.39 is 14.0 Å². The van der Waals surface area contributed by atoms with E-state index in [1.807, 2.05) is 0 Å². The van der Waals surface area contributed by atoms with Gasteiger partial charge in [-0.25, -0.2) is 4.68 Å². The molecule has 0 bridgehead atoms. The van der Waals surface area contributed by atoms with Gasteiger partial charge in [0.05, 0.1) is 36.7 Å². The van der Waals surface area contributed by atoms with Gasteiger partial charge >= 0.3 is 5.97 Å². The molecule has 0 fully saturated rings. The van der Waals surface area contributed by atoms with Crippen LogP contribution in [0.4, 0.5) is 0 Å². The van der Waals surface area contributed by atoms with Crippen LogP contribution in [0.15, 0.2) is 27.9 Å². The molecule has 1 N–H and O–H groups in total. The zero-order valence-electron chi connectivity index (χ0n) is 16.5. The maximum absolute atomic E-state index is 12.7. The Morgan fingerprint density at radius 2 is 1.89 bits per heavy atom. The number of nitrogens with zero attached hydrogens (tertiary/aromatic N) is 3. The molecule has 154 valence electrons. The Hall–Kier alpha value is -2.30. The van der Waals surface area contributed by atoms with Crippen molar-refractivity contribution in [3.05, 3.63) is 39.0 Å². The molecule has 0 radical (unpaired) electrons. The molecular weight excluding hydrogens is 382 g/mol. The van der Waals surface area contributed by atoms with E-state index in [-0.39, 0.29) is 44.0 Å². The molecule has 0 unspecified atom stereocenters.